The van der Waals surface area contributed by atoms with Gasteiger partial charge in [0.25, 0.3) is 5.91 Å². The van der Waals surface area contributed by atoms with E-state index >= 15 is 0 Å². The molecule has 0 bridgehead atoms. The van der Waals surface area contributed by atoms with Crippen molar-refractivity contribution in [2.45, 2.75) is 25.4 Å². The highest BCUT2D eigenvalue weighted by molar-refractivity contribution is 5.96. The van der Waals surface area contributed by atoms with E-state index < -0.39 is 23.8 Å². The minimum atomic E-state index is -1.21. The zero-order chi connectivity index (χ0) is 15.1. The van der Waals surface area contributed by atoms with Crippen molar-refractivity contribution in [2.24, 2.45) is 11.5 Å². The number of carboxylic acids is 1. The van der Waals surface area contributed by atoms with E-state index in [1.807, 2.05) is 0 Å². The molecular formula is C13H17N3O4. The molecule has 7 nitrogen and oxygen atoms in total. The molecular weight excluding hydrogens is 262 g/mol. The summed E-state index contributed by atoms with van der Waals surface area (Å²) < 4.78 is 0. The predicted octanol–water partition coefficient (Wildman–Crippen LogP) is -0.406. The topological polar surface area (TPSA) is 136 Å². The molecule has 0 aliphatic carbocycles. The molecule has 0 saturated heterocycles. The Labute approximate surface area is 115 Å². The molecule has 1 aromatic carbocycles. The molecule has 0 spiro atoms. The van der Waals surface area contributed by atoms with Gasteiger partial charge in [-0.2, -0.15) is 0 Å². The third kappa shape index (κ3) is 4.69. The number of hydrogen-bond donors (Lipinski definition) is 4. The first-order chi connectivity index (χ1) is 9.43. The van der Waals surface area contributed by atoms with Gasteiger partial charge in [0, 0.05) is 18.5 Å². The third-order valence-corrected chi connectivity index (χ3v) is 2.73. The van der Waals surface area contributed by atoms with Crippen molar-refractivity contribution in [2.75, 3.05) is 0 Å². The van der Waals surface area contributed by atoms with Gasteiger partial charge in [0.15, 0.2) is 0 Å². The molecule has 0 unspecified atom stereocenters. The van der Waals surface area contributed by atoms with E-state index in [9.17, 15) is 14.4 Å². The van der Waals surface area contributed by atoms with Gasteiger partial charge in [0.05, 0.1) is 0 Å². The summed E-state index contributed by atoms with van der Waals surface area (Å²) in [5.74, 6) is -2.35. The van der Waals surface area contributed by atoms with Gasteiger partial charge in [-0.3, -0.25) is 9.59 Å². The molecule has 7 heteroatoms. The number of rotatable bonds is 7. The monoisotopic (exact) mass is 279 g/mol. The van der Waals surface area contributed by atoms with Crippen LogP contribution in [-0.4, -0.2) is 28.9 Å². The van der Waals surface area contributed by atoms with E-state index in [2.05, 4.69) is 5.32 Å². The van der Waals surface area contributed by atoms with Crippen LogP contribution in [0, 0.1) is 0 Å². The maximum Gasteiger partial charge on any atom is 0.326 e. The van der Waals surface area contributed by atoms with Crippen LogP contribution in [0.25, 0.3) is 0 Å². The minimum absolute atomic E-state index is 0.0444. The predicted molar refractivity (Wildman–Crippen MR) is 71.7 cm³/mol. The van der Waals surface area contributed by atoms with E-state index in [0.29, 0.717) is 12.1 Å². The highest BCUT2D eigenvalue weighted by Crippen LogP contribution is 2.05. The summed E-state index contributed by atoms with van der Waals surface area (Å²) in [4.78, 5) is 33.5. The zero-order valence-electron chi connectivity index (χ0n) is 10.8. The van der Waals surface area contributed by atoms with Gasteiger partial charge in [0.1, 0.15) is 6.04 Å². The van der Waals surface area contributed by atoms with Crippen LogP contribution in [0.1, 0.15) is 28.8 Å². The second kappa shape index (κ2) is 7.25. The van der Waals surface area contributed by atoms with Gasteiger partial charge in [-0.15, -0.1) is 0 Å². The Kier molecular flexibility index (Phi) is 5.67. The Morgan fingerprint density at radius 2 is 1.80 bits per heavy atom. The van der Waals surface area contributed by atoms with Crippen LogP contribution in [-0.2, 0) is 16.1 Å². The fourth-order valence-electron chi connectivity index (χ4n) is 1.58. The fraction of sp³-hybridized carbons (Fsp3) is 0.308. The van der Waals surface area contributed by atoms with Crippen LogP contribution in [0.3, 0.4) is 0 Å². The lowest BCUT2D eigenvalue weighted by Crippen LogP contribution is -2.41. The van der Waals surface area contributed by atoms with E-state index in [1.54, 1.807) is 24.3 Å². The second-order valence-corrected chi connectivity index (χ2v) is 4.27. The van der Waals surface area contributed by atoms with E-state index in [-0.39, 0.29) is 12.8 Å². The van der Waals surface area contributed by atoms with Crippen LogP contribution in [0.15, 0.2) is 24.3 Å². The third-order valence-electron chi connectivity index (χ3n) is 2.73. The molecule has 1 atom stereocenters. The lowest BCUT2D eigenvalue weighted by molar-refractivity contribution is -0.139. The first kappa shape index (κ1) is 15.6. The van der Waals surface area contributed by atoms with E-state index in [4.69, 9.17) is 16.6 Å². The molecule has 0 aliphatic heterocycles. The number of carbonyl (C=O) groups is 3. The Hall–Kier alpha value is -2.41. The largest absolute Gasteiger partial charge is 0.480 e. The van der Waals surface area contributed by atoms with Crippen molar-refractivity contribution >= 4 is 17.8 Å². The summed E-state index contributed by atoms with van der Waals surface area (Å²) in [6.07, 6.45) is -0.152. The maximum absolute atomic E-state index is 11.9. The zero-order valence-corrected chi connectivity index (χ0v) is 10.8. The van der Waals surface area contributed by atoms with Crippen molar-refractivity contribution in [1.82, 2.24) is 5.32 Å². The first-order valence-electron chi connectivity index (χ1n) is 6.05. The lowest BCUT2D eigenvalue weighted by atomic mass is 10.1. The number of benzene rings is 1. The molecule has 0 radical (unpaired) electrons. The maximum atomic E-state index is 11.9. The highest BCUT2D eigenvalue weighted by atomic mass is 16.4. The minimum Gasteiger partial charge on any atom is -0.480 e. The van der Waals surface area contributed by atoms with Crippen molar-refractivity contribution in [3.63, 3.8) is 0 Å². The van der Waals surface area contributed by atoms with Gasteiger partial charge >= 0.3 is 5.97 Å². The number of primary amides is 1. The smallest absolute Gasteiger partial charge is 0.326 e. The van der Waals surface area contributed by atoms with Crippen LogP contribution >= 0.6 is 0 Å². The molecule has 20 heavy (non-hydrogen) atoms. The average molecular weight is 279 g/mol. The van der Waals surface area contributed by atoms with Crippen LogP contribution in [0.2, 0.25) is 0 Å². The normalized spacial score (nSPS) is 11.7. The number of carboxylic acid groups (broad SMARTS) is 1. The molecule has 2 amide bonds. The molecule has 1 rings (SSSR count). The summed E-state index contributed by atoms with van der Waals surface area (Å²) in [6, 6.07) is 5.35. The lowest BCUT2D eigenvalue weighted by Gasteiger charge is -2.13. The summed E-state index contributed by atoms with van der Waals surface area (Å²) in [7, 11) is 0. The fourth-order valence-corrected chi connectivity index (χ4v) is 1.58. The summed E-state index contributed by atoms with van der Waals surface area (Å²) >= 11 is 0. The molecule has 1 aromatic rings. The van der Waals surface area contributed by atoms with E-state index in [1.165, 1.54) is 0 Å². The molecule has 6 N–H and O–H groups in total. The van der Waals surface area contributed by atoms with Gasteiger partial charge in [-0.05, 0) is 24.1 Å². The SMILES string of the molecule is NCc1ccc(C(=O)N[C@H](CCC(N)=O)C(=O)O)cc1. The highest BCUT2D eigenvalue weighted by Gasteiger charge is 2.21. The van der Waals surface area contributed by atoms with Crippen LogP contribution in [0.4, 0.5) is 0 Å². The number of nitrogens with two attached hydrogens (primary N) is 2. The van der Waals surface area contributed by atoms with Gasteiger partial charge in [0.2, 0.25) is 5.91 Å². The van der Waals surface area contributed by atoms with Gasteiger partial charge in [-0.25, -0.2) is 4.79 Å². The standard InChI is InChI=1S/C13H17N3O4/c14-7-8-1-3-9(4-2-8)12(18)16-10(13(19)20)5-6-11(15)17/h1-4,10H,5-7,14H2,(H2,15,17)(H,16,18)(H,19,20)/t10-/m1/s1. The quantitative estimate of drug-likeness (QED) is 0.538. The van der Waals surface area contributed by atoms with Crippen molar-refractivity contribution in [3.8, 4) is 0 Å². The summed E-state index contributed by atoms with van der Waals surface area (Å²) in [6.45, 7) is 0.359. The van der Waals surface area contributed by atoms with Gasteiger partial charge < -0.3 is 21.9 Å². The molecule has 0 aliphatic rings. The van der Waals surface area contributed by atoms with Crippen molar-refractivity contribution < 1.29 is 19.5 Å². The molecule has 0 fully saturated rings. The number of aliphatic carboxylic acids is 1. The Bertz CT molecular complexity index is 499. The average Bonchev–Trinajstić information content (AvgIpc) is 2.42. The Morgan fingerprint density at radius 3 is 2.25 bits per heavy atom. The second-order valence-electron chi connectivity index (χ2n) is 4.27. The summed E-state index contributed by atoms with van der Waals surface area (Å²) in [5.41, 5.74) is 11.6. The molecule has 0 heterocycles. The van der Waals surface area contributed by atoms with Crippen LogP contribution in [0.5, 0.6) is 0 Å². The van der Waals surface area contributed by atoms with Gasteiger partial charge in [-0.1, -0.05) is 12.1 Å². The first-order valence-corrected chi connectivity index (χ1v) is 6.05. The Morgan fingerprint density at radius 1 is 1.20 bits per heavy atom. The molecule has 0 aromatic heterocycles. The van der Waals surface area contributed by atoms with Crippen LogP contribution < -0.4 is 16.8 Å². The molecule has 0 saturated carbocycles. The van der Waals surface area contributed by atoms with E-state index in [0.717, 1.165) is 5.56 Å². The van der Waals surface area contributed by atoms with Crippen molar-refractivity contribution in [3.05, 3.63) is 35.4 Å². The summed E-state index contributed by atoms with van der Waals surface area (Å²) in [5, 5.41) is 11.3. The number of hydrogen-bond acceptors (Lipinski definition) is 4. The number of carbonyl (C=O) groups excluding carboxylic acids is 2. The Balaban J connectivity index is 2.69. The number of amides is 2. The number of nitrogens with one attached hydrogen (secondary N) is 1. The van der Waals surface area contributed by atoms with Crippen molar-refractivity contribution in [1.29, 1.82) is 0 Å². The molecule has 108 valence electrons.